The average Bonchev–Trinajstić information content (AvgIpc) is 3.22. The van der Waals surface area contributed by atoms with Crippen LogP contribution < -0.4 is 11.1 Å². The Kier molecular flexibility index (Phi) is 4.99. The maximum absolute atomic E-state index is 11.9. The molecule has 26 heavy (non-hydrogen) atoms. The number of nitriles is 1. The number of nitrogen functional groups attached to an aromatic ring is 1. The van der Waals surface area contributed by atoms with Crippen molar-refractivity contribution in [3.8, 4) is 11.8 Å². The summed E-state index contributed by atoms with van der Waals surface area (Å²) < 4.78 is 6.47. The first kappa shape index (κ1) is 17.2. The first-order chi connectivity index (χ1) is 12.6. The van der Waals surface area contributed by atoms with Gasteiger partial charge in [0.15, 0.2) is 0 Å². The minimum absolute atomic E-state index is 0.179. The maximum atomic E-state index is 11.9. The normalized spacial score (nSPS) is 10.5. The molecular weight excluding hydrogens is 332 g/mol. The number of aryl methyl sites for hydroxylation is 2. The van der Waals surface area contributed by atoms with Crippen molar-refractivity contribution in [1.82, 2.24) is 20.3 Å². The molecular formula is C18H18N6O2. The quantitative estimate of drug-likeness (QED) is 0.655. The zero-order chi connectivity index (χ0) is 18.5. The van der Waals surface area contributed by atoms with Crippen LogP contribution in [0.1, 0.15) is 33.9 Å². The summed E-state index contributed by atoms with van der Waals surface area (Å²) in [6, 6.07) is 13.1. The molecule has 0 radical (unpaired) electrons. The summed E-state index contributed by atoms with van der Waals surface area (Å²) in [5.41, 5.74) is 8.48. The van der Waals surface area contributed by atoms with E-state index in [1.54, 1.807) is 17.7 Å². The Hall–Kier alpha value is -3.60. The Balaban J connectivity index is 1.63. The average molecular weight is 350 g/mol. The van der Waals surface area contributed by atoms with Crippen LogP contribution in [0.2, 0.25) is 0 Å². The molecule has 0 aliphatic rings. The molecule has 0 spiro atoms. The molecule has 0 bridgehead atoms. The molecule has 0 fully saturated rings. The second kappa shape index (κ2) is 7.53. The van der Waals surface area contributed by atoms with E-state index < -0.39 is 0 Å². The maximum Gasteiger partial charge on any atom is 0.289 e. The Labute approximate surface area is 150 Å². The van der Waals surface area contributed by atoms with E-state index >= 15 is 0 Å². The third kappa shape index (κ3) is 3.57. The van der Waals surface area contributed by atoms with E-state index in [1.165, 1.54) is 0 Å². The van der Waals surface area contributed by atoms with Crippen molar-refractivity contribution in [2.45, 2.75) is 19.8 Å². The molecule has 3 N–H and O–H groups in total. The van der Waals surface area contributed by atoms with Crippen LogP contribution in [0.15, 0.2) is 40.9 Å². The van der Waals surface area contributed by atoms with Gasteiger partial charge >= 0.3 is 0 Å². The highest BCUT2D eigenvalue weighted by Crippen LogP contribution is 2.21. The number of nitrogens with two attached hydrogens (primary N) is 1. The Morgan fingerprint density at radius 1 is 1.38 bits per heavy atom. The van der Waals surface area contributed by atoms with Gasteiger partial charge in [0.25, 0.3) is 5.91 Å². The fourth-order valence-electron chi connectivity index (χ4n) is 2.56. The van der Waals surface area contributed by atoms with Gasteiger partial charge in [-0.05, 0) is 31.9 Å². The molecule has 8 heteroatoms. The predicted molar refractivity (Wildman–Crippen MR) is 94.6 cm³/mol. The fourth-order valence-corrected chi connectivity index (χ4v) is 2.56. The molecule has 0 unspecified atom stereocenters. The number of rotatable bonds is 6. The van der Waals surface area contributed by atoms with Gasteiger partial charge in [-0.2, -0.15) is 10.4 Å². The number of aromatic nitrogens is 3. The molecule has 0 aliphatic heterocycles. The Morgan fingerprint density at radius 3 is 2.81 bits per heavy atom. The number of nitrogens with one attached hydrogen (secondary N) is 1. The van der Waals surface area contributed by atoms with E-state index in [0.29, 0.717) is 42.2 Å². The first-order valence-electron chi connectivity index (χ1n) is 8.14. The molecule has 2 aromatic heterocycles. The third-order valence-electron chi connectivity index (χ3n) is 3.83. The molecule has 0 saturated carbocycles. The number of carbonyl (C=O) groups is 1. The van der Waals surface area contributed by atoms with Crippen LogP contribution in [0.5, 0.6) is 0 Å². The van der Waals surface area contributed by atoms with E-state index in [-0.39, 0.29) is 11.7 Å². The molecule has 132 valence electrons. The van der Waals surface area contributed by atoms with Gasteiger partial charge in [-0.3, -0.25) is 4.79 Å². The minimum atomic E-state index is -0.319. The number of para-hydroxylation sites is 1. The Bertz CT molecular complexity index is 952. The smallest absolute Gasteiger partial charge is 0.289 e. The number of carbonyl (C=O) groups excluding carboxylic acids is 1. The van der Waals surface area contributed by atoms with Crippen molar-refractivity contribution in [3.05, 3.63) is 59.1 Å². The van der Waals surface area contributed by atoms with E-state index in [0.717, 1.165) is 5.69 Å². The number of anilines is 1. The van der Waals surface area contributed by atoms with Crippen molar-refractivity contribution < 1.29 is 9.32 Å². The van der Waals surface area contributed by atoms with Crippen LogP contribution in [0.25, 0.3) is 5.69 Å². The molecule has 0 aliphatic carbocycles. The van der Waals surface area contributed by atoms with Crippen LogP contribution in [0.4, 0.5) is 5.82 Å². The summed E-state index contributed by atoms with van der Waals surface area (Å²) >= 11 is 0. The van der Waals surface area contributed by atoms with Crippen molar-refractivity contribution in [2.24, 2.45) is 0 Å². The molecule has 0 saturated heterocycles. The second-order valence-electron chi connectivity index (χ2n) is 5.76. The van der Waals surface area contributed by atoms with Gasteiger partial charge in [0.2, 0.25) is 5.76 Å². The van der Waals surface area contributed by atoms with Crippen molar-refractivity contribution in [2.75, 3.05) is 12.3 Å². The predicted octanol–water partition coefficient (Wildman–Crippen LogP) is 1.99. The first-order valence-corrected chi connectivity index (χ1v) is 8.14. The zero-order valence-corrected chi connectivity index (χ0v) is 14.3. The summed E-state index contributed by atoms with van der Waals surface area (Å²) in [5, 5.41) is 20.3. The Morgan fingerprint density at radius 2 is 2.15 bits per heavy atom. The lowest BCUT2D eigenvalue weighted by atomic mass is 10.1. The van der Waals surface area contributed by atoms with Crippen molar-refractivity contribution in [3.63, 3.8) is 0 Å². The van der Waals surface area contributed by atoms with Gasteiger partial charge in [-0.25, -0.2) is 4.68 Å². The highest BCUT2D eigenvalue weighted by atomic mass is 16.5. The van der Waals surface area contributed by atoms with E-state index in [2.05, 4.69) is 21.6 Å². The van der Waals surface area contributed by atoms with Gasteiger partial charge < -0.3 is 15.6 Å². The zero-order valence-electron chi connectivity index (χ0n) is 14.3. The van der Waals surface area contributed by atoms with Crippen LogP contribution in [-0.4, -0.2) is 27.4 Å². The molecule has 3 aromatic rings. The van der Waals surface area contributed by atoms with Gasteiger partial charge in [0, 0.05) is 12.6 Å². The molecule has 8 nitrogen and oxygen atoms in total. The number of hydrogen-bond acceptors (Lipinski definition) is 6. The molecule has 0 atom stereocenters. The molecule has 1 aromatic carbocycles. The lowest BCUT2D eigenvalue weighted by Crippen LogP contribution is -2.24. The number of benzene rings is 1. The second-order valence-corrected chi connectivity index (χ2v) is 5.76. The van der Waals surface area contributed by atoms with Crippen LogP contribution in [-0.2, 0) is 6.42 Å². The fraction of sp³-hybridized carbons (Fsp3) is 0.222. The van der Waals surface area contributed by atoms with Gasteiger partial charge in [-0.1, -0.05) is 23.4 Å². The summed E-state index contributed by atoms with van der Waals surface area (Å²) in [6.07, 6.45) is 1.13. The SMILES string of the molecule is Cc1cc(C(=O)NCCCc2nn(-c3ccccc3)c(N)c2C#N)on1. The lowest BCUT2D eigenvalue weighted by Gasteiger charge is -2.02. The van der Waals surface area contributed by atoms with Crippen molar-refractivity contribution >= 4 is 11.7 Å². The van der Waals surface area contributed by atoms with E-state index in [4.69, 9.17) is 10.3 Å². The standard InChI is InChI=1S/C18H18N6O2/c1-12-10-16(26-23-12)18(25)21-9-5-8-15-14(11-19)17(20)24(22-15)13-6-3-2-4-7-13/h2-4,6-7,10H,5,8-9,20H2,1H3,(H,21,25). The number of amides is 1. The van der Waals surface area contributed by atoms with Crippen molar-refractivity contribution in [1.29, 1.82) is 5.26 Å². The van der Waals surface area contributed by atoms with Gasteiger partial charge in [0.05, 0.1) is 17.1 Å². The van der Waals surface area contributed by atoms with Crippen LogP contribution in [0, 0.1) is 18.3 Å². The monoisotopic (exact) mass is 350 g/mol. The third-order valence-corrected chi connectivity index (χ3v) is 3.83. The van der Waals surface area contributed by atoms with E-state index in [1.807, 2.05) is 30.3 Å². The van der Waals surface area contributed by atoms with Crippen LogP contribution in [0.3, 0.4) is 0 Å². The summed E-state index contributed by atoms with van der Waals surface area (Å²) in [5.74, 6) is 0.174. The topological polar surface area (TPSA) is 123 Å². The largest absolute Gasteiger partial charge is 0.382 e. The van der Waals surface area contributed by atoms with E-state index in [9.17, 15) is 10.1 Å². The molecule has 3 rings (SSSR count). The highest BCUT2D eigenvalue weighted by molar-refractivity contribution is 5.91. The lowest BCUT2D eigenvalue weighted by molar-refractivity contribution is 0.0916. The van der Waals surface area contributed by atoms with Gasteiger partial charge in [0.1, 0.15) is 17.5 Å². The summed E-state index contributed by atoms with van der Waals surface area (Å²) in [7, 11) is 0. The minimum Gasteiger partial charge on any atom is -0.382 e. The van der Waals surface area contributed by atoms with Crippen LogP contribution >= 0.6 is 0 Å². The highest BCUT2D eigenvalue weighted by Gasteiger charge is 2.16. The number of nitrogens with zero attached hydrogens (tertiary/aromatic N) is 4. The van der Waals surface area contributed by atoms with Gasteiger partial charge in [-0.15, -0.1) is 0 Å². The summed E-state index contributed by atoms with van der Waals surface area (Å²) in [4.78, 5) is 11.9. The number of hydrogen-bond donors (Lipinski definition) is 2. The summed E-state index contributed by atoms with van der Waals surface area (Å²) in [6.45, 7) is 2.17. The molecule has 2 heterocycles. The molecule has 1 amide bonds.